The van der Waals surface area contributed by atoms with E-state index in [1.165, 1.54) is 0 Å². The lowest BCUT2D eigenvalue weighted by atomic mass is 10.00. The number of rotatable bonds is 2. The van der Waals surface area contributed by atoms with Crippen LogP contribution in [0.15, 0.2) is 16.6 Å². The average Bonchev–Trinajstić information content (AvgIpc) is 2.54. The molecule has 1 aliphatic rings. The Morgan fingerprint density at radius 2 is 2.05 bits per heavy atom. The summed E-state index contributed by atoms with van der Waals surface area (Å²) in [5.41, 5.74) is 1.03. The molecule has 0 saturated carbocycles. The monoisotopic (exact) mass is 369 g/mol. The van der Waals surface area contributed by atoms with Crippen LogP contribution in [0.25, 0.3) is 0 Å². The van der Waals surface area contributed by atoms with Crippen LogP contribution >= 0.6 is 15.9 Å². The van der Waals surface area contributed by atoms with Crippen molar-refractivity contribution in [3.63, 3.8) is 0 Å². The number of aryl methyl sites for hydroxylation is 1. The predicted molar refractivity (Wildman–Crippen MR) is 87.0 cm³/mol. The molecule has 0 radical (unpaired) electrons. The molecule has 0 fully saturated rings. The fraction of sp³-hybridized carbons (Fsp3) is 0.500. The molecule has 0 aromatic heterocycles. The maximum atomic E-state index is 12.3. The maximum Gasteiger partial charge on any atom is 0.319 e. The normalized spacial score (nSPS) is 18.0. The first-order valence-corrected chi connectivity index (χ1v) is 7.90. The van der Waals surface area contributed by atoms with Gasteiger partial charge in [0.2, 0.25) is 5.91 Å². The third kappa shape index (κ3) is 3.80. The first-order chi connectivity index (χ1) is 10.2. The molecular weight excluding hydrogens is 350 g/mol. The summed E-state index contributed by atoms with van der Waals surface area (Å²) in [6.45, 7) is 5.36. The summed E-state index contributed by atoms with van der Waals surface area (Å²) in [4.78, 5) is 24.5. The van der Waals surface area contributed by atoms with Gasteiger partial charge in [0.25, 0.3) is 0 Å². The topological polar surface area (TPSA) is 64.6 Å². The Morgan fingerprint density at radius 3 is 2.64 bits per heavy atom. The van der Waals surface area contributed by atoms with Crippen molar-refractivity contribution in [2.75, 3.05) is 12.4 Å². The number of fused-ring (bicyclic) bond motifs is 1. The van der Waals surface area contributed by atoms with Gasteiger partial charge in [-0.05, 0) is 61.2 Å². The summed E-state index contributed by atoms with van der Waals surface area (Å²) in [5.74, 6) is -0.979. The molecule has 1 heterocycles. The maximum absolute atomic E-state index is 12.3. The molecule has 0 aliphatic carbocycles. The van der Waals surface area contributed by atoms with E-state index in [1.807, 2.05) is 6.07 Å². The van der Waals surface area contributed by atoms with Crippen LogP contribution in [-0.4, -0.2) is 24.6 Å². The minimum absolute atomic E-state index is 0.336. The molecule has 1 N–H and O–H groups in total. The van der Waals surface area contributed by atoms with E-state index >= 15 is 0 Å². The Kier molecular flexibility index (Phi) is 4.80. The van der Waals surface area contributed by atoms with Gasteiger partial charge in [0.1, 0.15) is 17.3 Å². The van der Waals surface area contributed by atoms with E-state index in [-0.39, 0.29) is 5.91 Å². The van der Waals surface area contributed by atoms with Crippen molar-refractivity contribution in [1.29, 1.82) is 0 Å². The van der Waals surface area contributed by atoms with Gasteiger partial charge in [-0.25, -0.2) is 0 Å². The first kappa shape index (κ1) is 16.8. The van der Waals surface area contributed by atoms with Crippen LogP contribution in [0.4, 0.5) is 5.69 Å². The highest BCUT2D eigenvalue weighted by Crippen LogP contribution is 2.34. The molecule has 1 aromatic rings. The van der Waals surface area contributed by atoms with Crippen molar-refractivity contribution in [1.82, 2.24) is 0 Å². The van der Waals surface area contributed by atoms with Crippen LogP contribution in [0.2, 0.25) is 0 Å². The van der Waals surface area contributed by atoms with Gasteiger partial charge in [-0.3, -0.25) is 9.59 Å². The zero-order valence-corrected chi connectivity index (χ0v) is 14.7. The second-order valence-corrected chi connectivity index (χ2v) is 7.11. The summed E-state index contributed by atoms with van der Waals surface area (Å²) < 4.78 is 11.4. The number of ether oxygens (including phenoxy) is 2. The molecule has 2 rings (SSSR count). The molecule has 5 nitrogen and oxygen atoms in total. The zero-order valence-electron chi connectivity index (χ0n) is 13.2. The van der Waals surface area contributed by atoms with E-state index in [1.54, 1.807) is 33.9 Å². The van der Waals surface area contributed by atoms with Gasteiger partial charge >= 0.3 is 5.97 Å². The highest BCUT2D eigenvalue weighted by atomic mass is 79.9. The number of nitrogens with one attached hydrogen (secondary N) is 1. The Bertz CT molecular complexity index is 607. The van der Waals surface area contributed by atoms with Crippen molar-refractivity contribution in [2.24, 2.45) is 5.92 Å². The summed E-state index contributed by atoms with van der Waals surface area (Å²) in [6, 6.07) is 3.67. The van der Waals surface area contributed by atoms with Gasteiger partial charge in [0.15, 0.2) is 0 Å². The molecule has 0 spiro atoms. The number of methoxy groups -OCH3 is 1. The molecule has 22 heavy (non-hydrogen) atoms. The average molecular weight is 370 g/mol. The Morgan fingerprint density at radius 1 is 1.36 bits per heavy atom. The van der Waals surface area contributed by atoms with Crippen molar-refractivity contribution in [3.05, 3.63) is 22.2 Å². The Hall–Kier alpha value is -1.56. The molecule has 0 bridgehead atoms. The summed E-state index contributed by atoms with van der Waals surface area (Å²) >= 11 is 3.43. The Balaban J connectivity index is 2.23. The third-order valence-electron chi connectivity index (χ3n) is 3.35. The van der Waals surface area contributed by atoms with Crippen LogP contribution in [0.5, 0.6) is 5.75 Å². The number of anilines is 1. The summed E-state index contributed by atoms with van der Waals surface area (Å²) in [7, 11) is 1.56. The van der Waals surface area contributed by atoms with E-state index < -0.39 is 17.5 Å². The first-order valence-electron chi connectivity index (χ1n) is 7.11. The van der Waals surface area contributed by atoms with Crippen LogP contribution in [0.3, 0.4) is 0 Å². The summed E-state index contributed by atoms with van der Waals surface area (Å²) in [6.07, 6.45) is 1.03. The van der Waals surface area contributed by atoms with Crippen LogP contribution < -0.4 is 10.1 Å². The van der Waals surface area contributed by atoms with Crippen molar-refractivity contribution in [3.8, 4) is 5.75 Å². The second-order valence-electron chi connectivity index (χ2n) is 6.26. The van der Waals surface area contributed by atoms with E-state index in [4.69, 9.17) is 9.47 Å². The lowest BCUT2D eigenvalue weighted by Gasteiger charge is -2.22. The molecule has 1 atom stereocenters. The second kappa shape index (κ2) is 6.28. The van der Waals surface area contributed by atoms with Crippen molar-refractivity contribution >= 4 is 33.5 Å². The lowest BCUT2D eigenvalue weighted by Crippen LogP contribution is -2.35. The molecular formula is C16H20BrNO4. The highest BCUT2D eigenvalue weighted by Gasteiger charge is 2.33. The smallest absolute Gasteiger partial charge is 0.319 e. The molecule has 1 amide bonds. The Labute approximate surface area is 138 Å². The molecule has 1 aromatic carbocycles. The number of hydrogen-bond acceptors (Lipinski definition) is 4. The van der Waals surface area contributed by atoms with Gasteiger partial charge in [-0.1, -0.05) is 0 Å². The standard InChI is InChI=1S/C16H20BrNO4/c1-16(2,3)22-15(20)10-6-5-9-7-11(17)13(21-4)8-12(9)18-14(10)19/h7-8,10H,5-6H2,1-4H3,(H,18,19)/t10-/m0/s1. The number of carbonyl (C=O) groups is 2. The molecule has 0 saturated heterocycles. The SMILES string of the molecule is COc1cc2c(cc1Br)CC[C@H](C(=O)OC(C)(C)C)C(=O)N2. The van der Waals surface area contributed by atoms with E-state index in [0.29, 0.717) is 24.3 Å². The van der Waals surface area contributed by atoms with Crippen LogP contribution in [-0.2, 0) is 20.7 Å². The number of esters is 1. The van der Waals surface area contributed by atoms with E-state index in [0.717, 1.165) is 10.0 Å². The van der Waals surface area contributed by atoms with E-state index in [2.05, 4.69) is 21.2 Å². The number of amides is 1. The number of benzene rings is 1. The zero-order chi connectivity index (χ0) is 16.5. The predicted octanol–water partition coefficient (Wildman–Crippen LogP) is 3.30. The molecule has 120 valence electrons. The number of halogens is 1. The van der Waals surface area contributed by atoms with Gasteiger partial charge < -0.3 is 14.8 Å². The van der Waals surface area contributed by atoms with Gasteiger partial charge in [-0.15, -0.1) is 0 Å². The minimum Gasteiger partial charge on any atom is -0.495 e. The molecule has 1 aliphatic heterocycles. The van der Waals surface area contributed by atoms with Crippen molar-refractivity contribution in [2.45, 2.75) is 39.2 Å². The lowest BCUT2D eigenvalue weighted by molar-refractivity contribution is -0.161. The fourth-order valence-electron chi connectivity index (χ4n) is 2.32. The van der Waals surface area contributed by atoms with Gasteiger partial charge in [0, 0.05) is 11.8 Å². The quantitative estimate of drug-likeness (QED) is 0.641. The fourth-order valence-corrected chi connectivity index (χ4v) is 2.88. The molecule has 6 heteroatoms. The van der Waals surface area contributed by atoms with Crippen LogP contribution in [0.1, 0.15) is 32.8 Å². The van der Waals surface area contributed by atoms with E-state index in [9.17, 15) is 9.59 Å². The summed E-state index contributed by atoms with van der Waals surface area (Å²) in [5, 5.41) is 2.80. The number of hydrogen-bond donors (Lipinski definition) is 1. The van der Waals surface area contributed by atoms with Gasteiger partial charge in [-0.2, -0.15) is 0 Å². The third-order valence-corrected chi connectivity index (χ3v) is 3.97. The van der Waals surface area contributed by atoms with Gasteiger partial charge in [0.05, 0.1) is 11.6 Å². The molecule has 0 unspecified atom stereocenters. The number of carbonyl (C=O) groups excluding carboxylic acids is 2. The largest absolute Gasteiger partial charge is 0.495 e. The van der Waals surface area contributed by atoms with Crippen molar-refractivity contribution < 1.29 is 19.1 Å². The minimum atomic E-state index is -0.795. The highest BCUT2D eigenvalue weighted by molar-refractivity contribution is 9.10. The van der Waals surface area contributed by atoms with Crippen LogP contribution in [0, 0.1) is 5.92 Å².